The maximum absolute atomic E-state index is 13.5. The lowest BCUT2D eigenvalue weighted by Crippen LogP contribution is -2.35. The van der Waals surface area contributed by atoms with Crippen LogP contribution in [0.4, 0.5) is 17.1 Å². The number of rotatable bonds is 5. The van der Waals surface area contributed by atoms with Gasteiger partial charge < -0.3 is 10.6 Å². The van der Waals surface area contributed by atoms with Crippen molar-refractivity contribution in [2.24, 2.45) is 0 Å². The minimum atomic E-state index is -3.87. The number of halogens is 1. The monoisotopic (exact) mass is 483 g/mol. The van der Waals surface area contributed by atoms with Crippen LogP contribution in [0.25, 0.3) is 0 Å². The molecule has 0 fully saturated rings. The van der Waals surface area contributed by atoms with Gasteiger partial charge in [-0.2, -0.15) is 0 Å². The number of nitrogens with zero attached hydrogens (tertiary/aromatic N) is 1. The lowest BCUT2D eigenvalue weighted by Gasteiger charge is -2.24. The molecule has 0 spiro atoms. The maximum atomic E-state index is 13.5. The van der Waals surface area contributed by atoms with Crippen LogP contribution in [-0.2, 0) is 21.2 Å². The highest BCUT2D eigenvalue weighted by molar-refractivity contribution is 7.92. The molecule has 3 aromatic rings. The number of hydrogen-bond donors (Lipinski definition) is 2. The largest absolute Gasteiger partial charge is 0.326 e. The van der Waals surface area contributed by atoms with E-state index in [4.69, 9.17) is 11.6 Å². The standard InChI is InChI=1S/C24H22ClN3O4S/c1-15-12-17-6-3-4-9-23(17)28(15)33(31,32)20-8-5-7-18(13-20)24(30)27-22-11-10-19(14-21(22)25)26-16(2)29/h3-11,13-15H,12H2,1-2H3,(H,26,29)(H,27,30). The first-order chi connectivity index (χ1) is 15.7. The summed E-state index contributed by atoms with van der Waals surface area (Å²) in [6.07, 6.45) is 0.628. The van der Waals surface area contributed by atoms with Crippen molar-refractivity contribution in [2.75, 3.05) is 14.9 Å². The van der Waals surface area contributed by atoms with E-state index in [0.29, 0.717) is 23.5 Å². The van der Waals surface area contributed by atoms with Gasteiger partial charge in [-0.1, -0.05) is 35.9 Å². The zero-order chi connectivity index (χ0) is 23.8. The van der Waals surface area contributed by atoms with Crippen molar-refractivity contribution in [3.8, 4) is 0 Å². The Labute approximate surface area is 197 Å². The fourth-order valence-corrected chi connectivity index (χ4v) is 5.87. The van der Waals surface area contributed by atoms with E-state index < -0.39 is 15.9 Å². The van der Waals surface area contributed by atoms with Gasteiger partial charge in [-0.3, -0.25) is 13.9 Å². The van der Waals surface area contributed by atoms with Gasteiger partial charge in [-0.15, -0.1) is 0 Å². The fourth-order valence-electron chi connectivity index (χ4n) is 3.91. The van der Waals surface area contributed by atoms with Crippen LogP contribution in [0.1, 0.15) is 29.8 Å². The molecule has 2 amide bonds. The van der Waals surface area contributed by atoms with Crippen molar-refractivity contribution in [2.45, 2.75) is 31.2 Å². The van der Waals surface area contributed by atoms with E-state index in [9.17, 15) is 18.0 Å². The van der Waals surface area contributed by atoms with Gasteiger partial charge in [0.15, 0.2) is 0 Å². The minimum Gasteiger partial charge on any atom is -0.326 e. The molecule has 4 rings (SSSR count). The normalized spacial score (nSPS) is 15.1. The Morgan fingerprint density at radius 2 is 1.76 bits per heavy atom. The first-order valence-corrected chi connectivity index (χ1v) is 12.1. The summed E-state index contributed by atoms with van der Waals surface area (Å²) in [6, 6.07) is 17.8. The van der Waals surface area contributed by atoms with Crippen LogP contribution < -0.4 is 14.9 Å². The zero-order valence-electron chi connectivity index (χ0n) is 18.0. The van der Waals surface area contributed by atoms with Crippen LogP contribution in [0.5, 0.6) is 0 Å². The summed E-state index contributed by atoms with van der Waals surface area (Å²) in [4.78, 5) is 24.1. The Morgan fingerprint density at radius 3 is 2.48 bits per heavy atom. The molecule has 1 heterocycles. The van der Waals surface area contributed by atoms with E-state index in [1.165, 1.54) is 41.6 Å². The smallest absolute Gasteiger partial charge is 0.264 e. The molecule has 3 aromatic carbocycles. The molecular weight excluding hydrogens is 462 g/mol. The van der Waals surface area contributed by atoms with Crippen LogP contribution in [0.3, 0.4) is 0 Å². The van der Waals surface area contributed by atoms with Gasteiger partial charge >= 0.3 is 0 Å². The Balaban J connectivity index is 1.59. The van der Waals surface area contributed by atoms with E-state index in [1.54, 1.807) is 18.2 Å². The van der Waals surface area contributed by atoms with E-state index in [1.807, 2.05) is 25.1 Å². The first-order valence-electron chi connectivity index (χ1n) is 10.3. The summed E-state index contributed by atoms with van der Waals surface area (Å²) in [7, 11) is -3.87. The molecule has 0 aromatic heterocycles. The zero-order valence-corrected chi connectivity index (χ0v) is 19.6. The molecule has 1 atom stereocenters. The van der Waals surface area contributed by atoms with Crippen molar-refractivity contribution in [3.05, 3.63) is 82.9 Å². The summed E-state index contributed by atoms with van der Waals surface area (Å²) in [5, 5.41) is 5.54. The third kappa shape index (κ3) is 4.58. The van der Waals surface area contributed by atoms with E-state index >= 15 is 0 Å². The van der Waals surface area contributed by atoms with Gasteiger partial charge in [0.05, 0.1) is 21.3 Å². The van der Waals surface area contributed by atoms with Crippen molar-refractivity contribution in [3.63, 3.8) is 0 Å². The van der Waals surface area contributed by atoms with Crippen LogP contribution in [0.15, 0.2) is 71.6 Å². The number of carbonyl (C=O) groups excluding carboxylic acids is 2. The van der Waals surface area contributed by atoms with Gasteiger partial charge in [0, 0.05) is 24.2 Å². The SMILES string of the molecule is CC(=O)Nc1ccc(NC(=O)c2cccc(S(=O)(=O)N3c4ccccc4CC3C)c2)c(Cl)c1. The minimum absolute atomic E-state index is 0.0332. The predicted octanol–water partition coefficient (Wildman–Crippen LogP) is 4.69. The predicted molar refractivity (Wildman–Crippen MR) is 129 cm³/mol. The topological polar surface area (TPSA) is 95.6 Å². The van der Waals surface area contributed by atoms with Crippen LogP contribution in [-0.4, -0.2) is 26.3 Å². The highest BCUT2D eigenvalue weighted by Gasteiger charge is 2.36. The summed E-state index contributed by atoms with van der Waals surface area (Å²) < 4.78 is 28.3. The fraction of sp³-hybridized carbons (Fsp3) is 0.167. The average molecular weight is 484 g/mol. The number of anilines is 3. The summed E-state index contributed by atoms with van der Waals surface area (Å²) in [5.41, 5.74) is 2.65. The molecule has 170 valence electrons. The second-order valence-electron chi connectivity index (χ2n) is 7.84. The van der Waals surface area contributed by atoms with E-state index in [-0.39, 0.29) is 27.4 Å². The number of fused-ring (bicyclic) bond motifs is 1. The number of benzene rings is 3. The van der Waals surface area contributed by atoms with Gasteiger partial charge in [0.2, 0.25) is 5.91 Å². The molecule has 1 aliphatic rings. The molecule has 1 unspecified atom stereocenters. The van der Waals surface area contributed by atoms with Crippen LogP contribution >= 0.6 is 11.6 Å². The third-order valence-corrected chi connectivity index (χ3v) is 7.57. The van der Waals surface area contributed by atoms with Gasteiger partial charge in [-0.25, -0.2) is 8.42 Å². The molecule has 0 aliphatic carbocycles. The molecule has 0 saturated heterocycles. The Kier molecular flexibility index (Phi) is 6.14. The molecule has 33 heavy (non-hydrogen) atoms. The second-order valence-corrected chi connectivity index (χ2v) is 10.1. The summed E-state index contributed by atoms with van der Waals surface area (Å²) in [6.45, 7) is 3.24. The number of amides is 2. The molecule has 7 nitrogen and oxygen atoms in total. The number of para-hydroxylation sites is 1. The number of hydrogen-bond acceptors (Lipinski definition) is 4. The quantitative estimate of drug-likeness (QED) is 0.550. The van der Waals surface area contributed by atoms with E-state index in [2.05, 4.69) is 10.6 Å². The molecule has 0 bridgehead atoms. The van der Waals surface area contributed by atoms with Crippen molar-refractivity contribution in [1.29, 1.82) is 0 Å². The average Bonchev–Trinajstić information content (AvgIpc) is 3.11. The molecule has 0 radical (unpaired) electrons. The van der Waals surface area contributed by atoms with Crippen LogP contribution in [0.2, 0.25) is 5.02 Å². The second kappa shape index (κ2) is 8.88. The Bertz CT molecular complexity index is 1360. The van der Waals surface area contributed by atoms with Crippen LogP contribution in [0, 0.1) is 0 Å². The number of nitrogens with one attached hydrogen (secondary N) is 2. The van der Waals surface area contributed by atoms with E-state index in [0.717, 1.165) is 5.56 Å². The van der Waals surface area contributed by atoms with Gasteiger partial charge in [0.25, 0.3) is 15.9 Å². The van der Waals surface area contributed by atoms with Crippen molar-refractivity contribution >= 4 is 50.5 Å². The number of sulfonamides is 1. The molecule has 0 saturated carbocycles. The Morgan fingerprint density at radius 1 is 1.00 bits per heavy atom. The summed E-state index contributed by atoms with van der Waals surface area (Å²) in [5.74, 6) is -0.744. The van der Waals surface area contributed by atoms with Gasteiger partial charge in [0.1, 0.15) is 0 Å². The molecule has 1 aliphatic heterocycles. The van der Waals surface area contributed by atoms with Crippen molar-refractivity contribution < 1.29 is 18.0 Å². The third-order valence-electron chi connectivity index (χ3n) is 5.34. The highest BCUT2D eigenvalue weighted by Crippen LogP contribution is 2.36. The molecular formula is C24H22ClN3O4S. The van der Waals surface area contributed by atoms with Crippen molar-refractivity contribution in [1.82, 2.24) is 0 Å². The van der Waals surface area contributed by atoms with Gasteiger partial charge in [-0.05, 0) is 61.4 Å². The molecule has 2 N–H and O–H groups in total. The number of carbonyl (C=O) groups is 2. The highest BCUT2D eigenvalue weighted by atomic mass is 35.5. The first kappa shape index (κ1) is 22.8. The lowest BCUT2D eigenvalue weighted by atomic mass is 10.1. The molecule has 9 heteroatoms. The summed E-state index contributed by atoms with van der Waals surface area (Å²) >= 11 is 6.23. The maximum Gasteiger partial charge on any atom is 0.264 e. The Hall–Kier alpha value is -3.36. The lowest BCUT2D eigenvalue weighted by molar-refractivity contribution is -0.114.